The minimum Gasteiger partial charge on any atom is -0.508 e. The molecule has 1 fully saturated rings. The van der Waals surface area contributed by atoms with Crippen LogP contribution < -0.4 is 10.1 Å². The standard InChI is InChI=1S/C22H20N4O5/c27-15-4-1-3-14(9-15)26-10-13(24-26)12-31-19-6-2-5-16-17(19)11-25(22(16)30)18-7-8-20(28)23-21(18)29/h1-6,9-10,18,24,27H,7-8,11-12H2,(H,23,28,29). The molecule has 0 radical (unpaired) electrons. The zero-order chi connectivity index (χ0) is 21.5. The summed E-state index contributed by atoms with van der Waals surface area (Å²) in [7, 11) is 0. The number of benzene rings is 2. The monoisotopic (exact) mass is 420 g/mol. The molecule has 3 N–H and O–H groups in total. The van der Waals surface area contributed by atoms with Crippen LogP contribution >= 0.6 is 0 Å². The second-order valence-corrected chi connectivity index (χ2v) is 7.63. The fourth-order valence-corrected chi connectivity index (χ4v) is 4.00. The van der Waals surface area contributed by atoms with Crippen molar-refractivity contribution in [1.82, 2.24) is 20.0 Å². The van der Waals surface area contributed by atoms with Crippen LogP contribution in [0.4, 0.5) is 0 Å². The molecular weight excluding hydrogens is 400 g/mol. The van der Waals surface area contributed by atoms with E-state index in [4.69, 9.17) is 4.74 Å². The number of hydrogen-bond acceptors (Lipinski definition) is 5. The van der Waals surface area contributed by atoms with Crippen molar-refractivity contribution >= 4 is 17.7 Å². The van der Waals surface area contributed by atoms with E-state index in [-0.39, 0.29) is 37.1 Å². The highest BCUT2D eigenvalue weighted by Crippen LogP contribution is 2.34. The highest BCUT2D eigenvalue weighted by molar-refractivity contribution is 6.05. The number of carbonyl (C=O) groups excluding carboxylic acids is 3. The Kier molecular flexibility index (Phi) is 4.50. The number of aromatic amines is 1. The van der Waals surface area contributed by atoms with E-state index in [0.29, 0.717) is 17.7 Å². The predicted molar refractivity (Wildman–Crippen MR) is 109 cm³/mol. The Morgan fingerprint density at radius 2 is 1.94 bits per heavy atom. The van der Waals surface area contributed by atoms with Gasteiger partial charge in [0.25, 0.3) is 5.91 Å². The lowest BCUT2D eigenvalue weighted by atomic mass is 10.0. The summed E-state index contributed by atoms with van der Waals surface area (Å²) in [6, 6.07) is 11.5. The van der Waals surface area contributed by atoms with Crippen molar-refractivity contribution in [3.05, 3.63) is 65.5 Å². The summed E-state index contributed by atoms with van der Waals surface area (Å²) < 4.78 is 7.71. The molecule has 2 aliphatic rings. The average molecular weight is 420 g/mol. The quantitative estimate of drug-likeness (QED) is 0.545. The Morgan fingerprint density at radius 1 is 1.13 bits per heavy atom. The molecule has 0 spiro atoms. The van der Waals surface area contributed by atoms with Gasteiger partial charge in [-0.1, -0.05) is 12.1 Å². The molecule has 1 saturated heterocycles. The van der Waals surface area contributed by atoms with Crippen molar-refractivity contribution in [3.8, 4) is 17.2 Å². The number of nitrogens with zero attached hydrogens (tertiary/aromatic N) is 2. The molecule has 1 aromatic heterocycles. The number of imide groups is 1. The molecule has 9 nitrogen and oxygen atoms in total. The number of aromatic nitrogens is 2. The number of phenols is 1. The van der Waals surface area contributed by atoms with Gasteiger partial charge in [-0.05, 0) is 30.7 Å². The van der Waals surface area contributed by atoms with E-state index in [2.05, 4.69) is 10.4 Å². The van der Waals surface area contributed by atoms with E-state index in [0.717, 1.165) is 16.9 Å². The van der Waals surface area contributed by atoms with Crippen molar-refractivity contribution in [1.29, 1.82) is 0 Å². The zero-order valence-electron chi connectivity index (χ0n) is 16.5. The summed E-state index contributed by atoms with van der Waals surface area (Å²) in [5.74, 6) is -0.209. The number of amides is 3. The maximum Gasteiger partial charge on any atom is 0.255 e. The zero-order valence-corrected chi connectivity index (χ0v) is 16.5. The molecule has 0 bridgehead atoms. The third kappa shape index (κ3) is 3.43. The number of rotatable bonds is 5. The Morgan fingerprint density at radius 3 is 2.71 bits per heavy atom. The third-order valence-corrected chi connectivity index (χ3v) is 5.58. The van der Waals surface area contributed by atoms with Crippen LogP contribution in [-0.2, 0) is 22.7 Å². The number of ether oxygens (including phenoxy) is 1. The molecule has 31 heavy (non-hydrogen) atoms. The number of nitrogens with one attached hydrogen (secondary N) is 2. The first kappa shape index (κ1) is 19.0. The molecular formula is C22H20N4O5. The Bertz CT molecular complexity index is 1180. The molecule has 5 rings (SSSR count). The molecule has 1 unspecified atom stereocenters. The van der Waals surface area contributed by atoms with Crippen LogP contribution in [0, 0.1) is 0 Å². The van der Waals surface area contributed by atoms with Gasteiger partial charge in [0, 0.05) is 23.6 Å². The Labute approximate surface area is 177 Å². The summed E-state index contributed by atoms with van der Waals surface area (Å²) >= 11 is 0. The first-order valence-corrected chi connectivity index (χ1v) is 9.94. The maximum absolute atomic E-state index is 12.9. The van der Waals surface area contributed by atoms with Gasteiger partial charge in [-0.2, -0.15) is 0 Å². The van der Waals surface area contributed by atoms with Crippen LogP contribution in [0.1, 0.15) is 34.5 Å². The largest absolute Gasteiger partial charge is 0.508 e. The number of H-pyrrole nitrogens is 1. The maximum atomic E-state index is 12.9. The third-order valence-electron chi connectivity index (χ3n) is 5.58. The molecule has 3 heterocycles. The van der Waals surface area contributed by atoms with Gasteiger partial charge < -0.3 is 14.7 Å². The van der Waals surface area contributed by atoms with E-state index >= 15 is 0 Å². The van der Waals surface area contributed by atoms with Crippen molar-refractivity contribution in [3.63, 3.8) is 0 Å². The Hall–Kier alpha value is -4.01. The second kappa shape index (κ2) is 7.35. The Balaban J connectivity index is 1.28. The van der Waals surface area contributed by atoms with Crippen LogP contribution in [0.5, 0.6) is 11.5 Å². The first-order chi connectivity index (χ1) is 15.0. The molecule has 158 valence electrons. The summed E-state index contributed by atoms with van der Waals surface area (Å²) in [5, 5.41) is 15.0. The minimum atomic E-state index is -0.655. The van der Waals surface area contributed by atoms with Crippen LogP contribution in [-0.4, -0.2) is 43.6 Å². The predicted octanol–water partition coefficient (Wildman–Crippen LogP) is 1.85. The summed E-state index contributed by atoms with van der Waals surface area (Å²) in [4.78, 5) is 38.0. The van der Waals surface area contributed by atoms with E-state index in [1.807, 2.05) is 12.3 Å². The topological polar surface area (TPSA) is 117 Å². The molecule has 3 aromatic rings. The summed E-state index contributed by atoms with van der Waals surface area (Å²) in [6.07, 6.45) is 2.40. The lowest BCUT2D eigenvalue weighted by Gasteiger charge is -2.29. The number of fused-ring (bicyclic) bond motifs is 1. The number of carbonyl (C=O) groups is 3. The second-order valence-electron chi connectivity index (χ2n) is 7.63. The van der Waals surface area contributed by atoms with Crippen molar-refractivity contribution in [2.75, 3.05) is 0 Å². The first-order valence-electron chi connectivity index (χ1n) is 9.94. The van der Waals surface area contributed by atoms with Crippen LogP contribution in [0.25, 0.3) is 5.69 Å². The van der Waals surface area contributed by atoms with Crippen molar-refractivity contribution in [2.24, 2.45) is 0 Å². The molecule has 3 amide bonds. The van der Waals surface area contributed by atoms with E-state index in [1.165, 1.54) is 4.90 Å². The van der Waals surface area contributed by atoms with E-state index < -0.39 is 11.9 Å². The molecule has 0 saturated carbocycles. The highest BCUT2D eigenvalue weighted by atomic mass is 16.5. The highest BCUT2D eigenvalue weighted by Gasteiger charge is 2.40. The van der Waals surface area contributed by atoms with Gasteiger partial charge in [-0.3, -0.25) is 29.5 Å². The smallest absolute Gasteiger partial charge is 0.255 e. The fraction of sp³-hybridized carbons (Fsp3) is 0.227. The van der Waals surface area contributed by atoms with Gasteiger partial charge in [0.05, 0.1) is 24.1 Å². The van der Waals surface area contributed by atoms with Crippen molar-refractivity contribution < 1.29 is 24.2 Å². The van der Waals surface area contributed by atoms with Gasteiger partial charge >= 0.3 is 0 Å². The molecule has 0 aliphatic carbocycles. The van der Waals surface area contributed by atoms with Crippen molar-refractivity contribution in [2.45, 2.75) is 32.0 Å². The normalized spacial score (nSPS) is 18.3. The van der Waals surface area contributed by atoms with E-state index in [9.17, 15) is 19.5 Å². The number of aromatic hydroxyl groups is 1. The van der Waals surface area contributed by atoms with Gasteiger partial charge in [0.2, 0.25) is 11.8 Å². The lowest BCUT2D eigenvalue weighted by molar-refractivity contribution is -0.136. The number of phenolic OH excluding ortho intramolecular Hbond substituents is 1. The molecule has 9 heteroatoms. The van der Waals surface area contributed by atoms with Crippen LogP contribution in [0.2, 0.25) is 0 Å². The van der Waals surface area contributed by atoms with E-state index in [1.54, 1.807) is 41.1 Å². The summed E-state index contributed by atoms with van der Waals surface area (Å²) in [5.41, 5.74) is 2.89. The number of piperidine rings is 1. The lowest BCUT2D eigenvalue weighted by Crippen LogP contribution is -2.52. The van der Waals surface area contributed by atoms with Crippen LogP contribution in [0.3, 0.4) is 0 Å². The van der Waals surface area contributed by atoms with Gasteiger partial charge in [-0.25, -0.2) is 0 Å². The minimum absolute atomic E-state index is 0.183. The molecule has 2 aromatic carbocycles. The van der Waals surface area contributed by atoms with Gasteiger partial charge in [0.1, 0.15) is 24.1 Å². The number of hydrogen-bond donors (Lipinski definition) is 3. The molecule has 2 aliphatic heterocycles. The SMILES string of the molecule is O=C1CCC(N2Cc3c(OCc4cn(-c5cccc(O)c5)[nH]4)cccc3C2=O)C(=O)N1. The van der Waals surface area contributed by atoms with Crippen LogP contribution in [0.15, 0.2) is 48.7 Å². The van der Waals surface area contributed by atoms with Gasteiger partial charge in [0.15, 0.2) is 0 Å². The fourth-order valence-electron chi connectivity index (χ4n) is 4.00. The average Bonchev–Trinajstić information content (AvgIpc) is 3.04. The molecule has 1 atom stereocenters. The summed E-state index contributed by atoms with van der Waals surface area (Å²) in [6.45, 7) is 0.539. The van der Waals surface area contributed by atoms with Gasteiger partial charge in [-0.15, -0.1) is 0 Å².